The zero-order valence-electron chi connectivity index (χ0n) is 15.4. The summed E-state index contributed by atoms with van der Waals surface area (Å²) >= 11 is 0. The minimum Gasteiger partial charge on any atom is -0.545 e. The van der Waals surface area contributed by atoms with Gasteiger partial charge in [-0.3, -0.25) is 4.79 Å². The van der Waals surface area contributed by atoms with Crippen LogP contribution in [0, 0.1) is 18.3 Å². The molecule has 7 heteroatoms. The van der Waals surface area contributed by atoms with Gasteiger partial charge in [-0.05, 0) is 37.5 Å². The van der Waals surface area contributed by atoms with E-state index < -0.39 is 11.9 Å². The number of carbonyl (C=O) groups is 2. The summed E-state index contributed by atoms with van der Waals surface area (Å²) in [5.74, 6) is -1.01. The van der Waals surface area contributed by atoms with Crippen molar-refractivity contribution in [3.63, 3.8) is 0 Å². The average molecular weight is 379 g/mol. The Kier molecular flexibility index (Phi) is 5.92. The lowest BCUT2D eigenvalue weighted by Gasteiger charge is -2.10. The number of hydrogen-bond donors (Lipinski definition) is 1. The molecule has 28 heavy (non-hydrogen) atoms. The number of carboxylic acid groups (broad SMARTS) is 1. The molecule has 1 fully saturated rings. The van der Waals surface area contributed by atoms with Crippen LogP contribution in [0.1, 0.15) is 34.5 Å². The normalized spacial score (nSPS) is 16.6. The van der Waals surface area contributed by atoms with Crippen molar-refractivity contribution in [2.75, 3.05) is 13.2 Å². The molecule has 1 aliphatic rings. The summed E-state index contributed by atoms with van der Waals surface area (Å²) in [6.07, 6.45) is 3.19. The Bertz CT molecular complexity index is 961. The van der Waals surface area contributed by atoms with Gasteiger partial charge in [0.25, 0.3) is 5.91 Å². The number of nitriles is 1. The van der Waals surface area contributed by atoms with Crippen LogP contribution in [-0.4, -0.2) is 31.1 Å². The van der Waals surface area contributed by atoms with E-state index in [1.165, 1.54) is 12.1 Å². The smallest absolute Gasteiger partial charge is 0.262 e. The van der Waals surface area contributed by atoms with Gasteiger partial charge in [-0.15, -0.1) is 0 Å². The summed E-state index contributed by atoms with van der Waals surface area (Å²) < 4.78 is 11.1. The monoisotopic (exact) mass is 379 g/mol. The van der Waals surface area contributed by atoms with Gasteiger partial charge in [0, 0.05) is 30.4 Å². The van der Waals surface area contributed by atoms with Gasteiger partial charge in [0.1, 0.15) is 23.2 Å². The van der Waals surface area contributed by atoms with Gasteiger partial charge in [0.2, 0.25) is 0 Å². The number of carbonyl (C=O) groups excluding carboxylic acids is 2. The lowest BCUT2D eigenvalue weighted by atomic mass is 10.0. The number of aromatic carboxylic acids is 1. The van der Waals surface area contributed by atoms with Crippen molar-refractivity contribution in [3.8, 4) is 17.4 Å². The van der Waals surface area contributed by atoms with Crippen molar-refractivity contribution in [2.45, 2.75) is 25.9 Å². The maximum Gasteiger partial charge on any atom is 0.262 e. The van der Waals surface area contributed by atoms with Crippen molar-refractivity contribution in [3.05, 3.63) is 52.8 Å². The zero-order valence-corrected chi connectivity index (χ0v) is 15.4. The van der Waals surface area contributed by atoms with Gasteiger partial charge in [-0.25, -0.2) is 0 Å². The molecule has 0 spiro atoms. The van der Waals surface area contributed by atoms with E-state index in [1.54, 1.807) is 31.2 Å². The number of benzene rings is 1. The number of rotatable bonds is 6. The molecule has 0 unspecified atom stereocenters. The standard InChI is InChI=1S/C21H20N2O5/c1-13-17(5-2-6-18(13)21(25)26)19-8-7-15(28-19)10-14(11-22)20(24)23-12-16-4-3-9-27-16/h2,5-8,10,16H,3-4,9,12H2,1H3,(H,23,24)(H,25,26)/p-1/b14-10+/t16-/m0/s1. The Morgan fingerprint density at radius 1 is 1.36 bits per heavy atom. The molecule has 1 aromatic heterocycles. The second-order valence-corrected chi connectivity index (χ2v) is 6.48. The highest BCUT2D eigenvalue weighted by Gasteiger charge is 2.18. The first kappa shape index (κ1) is 19.4. The molecule has 7 nitrogen and oxygen atoms in total. The lowest BCUT2D eigenvalue weighted by Crippen LogP contribution is -2.32. The molecule has 0 saturated carbocycles. The minimum absolute atomic E-state index is 0.0157. The molecule has 1 saturated heterocycles. The number of hydrogen-bond acceptors (Lipinski definition) is 6. The van der Waals surface area contributed by atoms with Crippen LogP contribution in [0.3, 0.4) is 0 Å². The summed E-state index contributed by atoms with van der Waals surface area (Å²) in [5, 5.41) is 23.2. The minimum atomic E-state index is -1.26. The van der Waals surface area contributed by atoms with E-state index in [0.29, 0.717) is 35.8 Å². The van der Waals surface area contributed by atoms with Gasteiger partial charge < -0.3 is 24.4 Å². The zero-order chi connectivity index (χ0) is 20.1. The summed E-state index contributed by atoms with van der Waals surface area (Å²) in [6, 6.07) is 9.94. The van der Waals surface area contributed by atoms with E-state index in [-0.39, 0.29) is 17.2 Å². The predicted octanol–water partition coefficient (Wildman–Crippen LogP) is 1.82. The maximum atomic E-state index is 12.2. The largest absolute Gasteiger partial charge is 0.545 e. The number of amides is 1. The Labute approximate surface area is 162 Å². The van der Waals surface area contributed by atoms with Crippen LogP contribution in [0.4, 0.5) is 0 Å². The topological polar surface area (TPSA) is 115 Å². The third-order valence-corrected chi connectivity index (χ3v) is 4.61. The molecule has 1 N–H and O–H groups in total. The van der Waals surface area contributed by atoms with Crippen LogP contribution in [0.2, 0.25) is 0 Å². The van der Waals surface area contributed by atoms with Gasteiger partial charge in [-0.1, -0.05) is 18.2 Å². The fourth-order valence-corrected chi connectivity index (χ4v) is 3.10. The van der Waals surface area contributed by atoms with Crippen LogP contribution in [0.25, 0.3) is 17.4 Å². The van der Waals surface area contributed by atoms with E-state index in [9.17, 15) is 20.0 Å². The van der Waals surface area contributed by atoms with Crippen molar-refractivity contribution in [1.29, 1.82) is 5.26 Å². The Morgan fingerprint density at radius 2 is 2.18 bits per heavy atom. The number of furan rings is 1. The van der Waals surface area contributed by atoms with E-state index in [2.05, 4.69) is 5.32 Å². The molecule has 2 heterocycles. The van der Waals surface area contributed by atoms with Crippen molar-refractivity contribution >= 4 is 18.0 Å². The van der Waals surface area contributed by atoms with Gasteiger partial charge in [0.15, 0.2) is 0 Å². The van der Waals surface area contributed by atoms with E-state index in [4.69, 9.17) is 9.15 Å². The molecule has 144 valence electrons. The van der Waals surface area contributed by atoms with E-state index in [1.807, 2.05) is 6.07 Å². The second kappa shape index (κ2) is 8.55. The van der Waals surface area contributed by atoms with Gasteiger partial charge in [0.05, 0.1) is 12.1 Å². The number of nitrogens with zero attached hydrogens (tertiary/aromatic N) is 1. The molecule has 1 amide bonds. The summed E-state index contributed by atoms with van der Waals surface area (Å²) in [4.78, 5) is 23.4. The molecule has 1 aromatic carbocycles. The number of ether oxygens (including phenoxy) is 1. The third kappa shape index (κ3) is 4.30. The highest BCUT2D eigenvalue weighted by Crippen LogP contribution is 2.28. The number of nitrogens with one attached hydrogen (secondary N) is 1. The SMILES string of the molecule is Cc1c(C(=O)[O-])cccc1-c1ccc(/C=C(\C#N)C(=O)NC[C@@H]2CCCO2)o1. The fourth-order valence-electron chi connectivity index (χ4n) is 3.10. The molecule has 2 aromatic rings. The van der Waals surface area contributed by atoms with E-state index >= 15 is 0 Å². The highest BCUT2D eigenvalue weighted by molar-refractivity contribution is 6.01. The maximum absolute atomic E-state index is 12.2. The van der Waals surface area contributed by atoms with Crippen LogP contribution < -0.4 is 10.4 Å². The first-order valence-electron chi connectivity index (χ1n) is 8.92. The van der Waals surface area contributed by atoms with Crippen LogP contribution >= 0.6 is 0 Å². The first-order valence-corrected chi connectivity index (χ1v) is 8.92. The predicted molar refractivity (Wildman–Crippen MR) is 98.8 cm³/mol. The fraction of sp³-hybridized carbons (Fsp3) is 0.286. The Balaban J connectivity index is 1.77. The molecule has 0 aliphatic carbocycles. The molecular formula is C21H19N2O5-. The first-order chi connectivity index (χ1) is 13.5. The lowest BCUT2D eigenvalue weighted by molar-refractivity contribution is -0.255. The molecule has 0 bridgehead atoms. The van der Waals surface area contributed by atoms with E-state index in [0.717, 1.165) is 12.8 Å². The molecule has 1 aliphatic heterocycles. The second-order valence-electron chi connectivity index (χ2n) is 6.48. The van der Waals surface area contributed by atoms with Crippen molar-refractivity contribution in [1.82, 2.24) is 5.32 Å². The van der Waals surface area contributed by atoms with Gasteiger partial charge in [-0.2, -0.15) is 5.26 Å². The molecule has 3 rings (SSSR count). The third-order valence-electron chi connectivity index (χ3n) is 4.61. The molecule has 0 radical (unpaired) electrons. The van der Waals surface area contributed by atoms with Crippen molar-refractivity contribution < 1.29 is 23.8 Å². The summed E-state index contributed by atoms with van der Waals surface area (Å²) in [6.45, 7) is 2.71. The highest BCUT2D eigenvalue weighted by atomic mass is 16.5. The van der Waals surface area contributed by atoms with Gasteiger partial charge >= 0.3 is 0 Å². The Morgan fingerprint density at radius 3 is 2.86 bits per heavy atom. The molecule has 1 atom stereocenters. The van der Waals surface area contributed by atoms with Crippen molar-refractivity contribution in [2.24, 2.45) is 0 Å². The average Bonchev–Trinajstić information content (AvgIpc) is 3.36. The van der Waals surface area contributed by atoms with Crippen LogP contribution in [-0.2, 0) is 9.53 Å². The summed E-state index contributed by atoms with van der Waals surface area (Å²) in [5.41, 5.74) is 1.11. The number of carboxylic acids is 1. The summed E-state index contributed by atoms with van der Waals surface area (Å²) in [7, 11) is 0. The Hall–Kier alpha value is -3.37. The quantitative estimate of drug-likeness (QED) is 0.605. The van der Waals surface area contributed by atoms with Crippen LogP contribution in [0.15, 0.2) is 40.3 Å². The molecular weight excluding hydrogens is 360 g/mol. The van der Waals surface area contributed by atoms with Crippen LogP contribution in [0.5, 0.6) is 0 Å².